The Kier molecular flexibility index (Phi) is 6.31. The fraction of sp³-hybridized carbons (Fsp3) is 0. The lowest BCUT2D eigenvalue weighted by molar-refractivity contribution is 0.154. The van der Waals surface area contributed by atoms with E-state index in [1.807, 2.05) is 18.2 Å². The van der Waals surface area contributed by atoms with Gasteiger partial charge in [-0.3, -0.25) is 5.10 Å². The highest BCUT2D eigenvalue weighted by Crippen LogP contribution is 2.18. The van der Waals surface area contributed by atoms with Crippen LogP contribution in [0, 0.1) is 0 Å². The number of para-hydroxylation sites is 1. The number of aromatic amines is 1. The molecule has 0 spiro atoms. The van der Waals surface area contributed by atoms with Crippen LogP contribution in [0.2, 0.25) is 0 Å². The number of halogens is 4. The average molecular weight is 399 g/mol. The summed E-state index contributed by atoms with van der Waals surface area (Å²) in [5.41, 5.74) is 8.21. The first-order valence-corrected chi connectivity index (χ1v) is 7.38. The molecule has 0 unspecified atom stereocenters. The second-order valence-corrected chi connectivity index (χ2v) is 4.97. The monoisotopic (exact) mass is 399 g/mol. The van der Waals surface area contributed by atoms with E-state index in [9.17, 15) is 22.1 Å². The molecule has 0 saturated carbocycles. The number of carbonyl (C=O) groups excluding carboxylic acids is 1. The molecule has 0 aliphatic carbocycles. The number of aromatic nitrogens is 6. The molecular formula is C13H12BF4N8O2-. The number of carbonyl (C=O) groups is 1. The minimum absolute atomic E-state index is 0.554. The minimum Gasteiger partial charge on any atom is -0.418 e. The molecule has 4 aromatic rings. The average Bonchev–Trinajstić information content (AvgIpc) is 3.22. The summed E-state index contributed by atoms with van der Waals surface area (Å²) in [5.74, 6) is 0. The summed E-state index contributed by atoms with van der Waals surface area (Å²) >= 11 is 0. The lowest BCUT2D eigenvalue weighted by Crippen LogP contribution is -2.19. The number of amides is 2. The number of anilines is 1. The van der Waals surface area contributed by atoms with Gasteiger partial charge in [0.25, 0.3) is 0 Å². The highest BCUT2D eigenvalue weighted by atomic mass is 19.5. The van der Waals surface area contributed by atoms with Gasteiger partial charge in [0.05, 0.1) is 11.2 Å². The van der Waals surface area contributed by atoms with E-state index in [4.69, 9.17) is 10.9 Å². The van der Waals surface area contributed by atoms with Gasteiger partial charge in [0.2, 0.25) is 0 Å². The number of nitrogens with one attached hydrogen (secondary N) is 2. The van der Waals surface area contributed by atoms with Crippen LogP contribution in [-0.2, 0) is 0 Å². The zero-order valence-corrected chi connectivity index (χ0v) is 13.8. The zero-order valence-electron chi connectivity index (χ0n) is 13.8. The minimum atomic E-state index is -6.00. The molecule has 2 aromatic carbocycles. The van der Waals surface area contributed by atoms with E-state index in [1.165, 1.54) is 0 Å². The summed E-state index contributed by atoms with van der Waals surface area (Å²) < 4.78 is 39.0. The molecule has 0 aliphatic rings. The van der Waals surface area contributed by atoms with Crippen LogP contribution in [0.1, 0.15) is 0 Å². The first kappa shape index (κ1) is 20.4. The predicted molar refractivity (Wildman–Crippen MR) is 92.0 cm³/mol. The van der Waals surface area contributed by atoms with E-state index < -0.39 is 13.3 Å². The van der Waals surface area contributed by atoms with Gasteiger partial charge in [-0.1, -0.05) is 28.3 Å². The van der Waals surface area contributed by atoms with Crippen LogP contribution in [0.25, 0.3) is 22.1 Å². The van der Waals surface area contributed by atoms with Gasteiger partial charge in [-0.05, 0) is 29.5 Å². The Morgan fingerprint density at radius 3 is 2.43 bits per heavy atom. The molecule has 15 heteroatoms. The number of urea groups is 1. The third-order valence-corrected chi connectivity index (χ3v) is 2.95. The van der Waals surface area contributed by atoms with E-state index in [-0.39, 0.29) is 0 Å². The topological polar surface area (TPSA) is 148 Å². The van der Waals surface area contributed by atoms with Crippen molar-refractivity contribution >= 4 is 41.0 Å². The van der Waals surface area contributed by atoms with Crippen LogP contribution < -0.4 is 11.1 Å². The predicted octanol–water partition coefficient (Wildman–Crippen LogP) is 2.42. The lowest BCUT2D eigenvalue weighted by Gasteiger charge is -2.00. The third kappa shape index (κ3) is 6.12. The van der Waals surface area contributed by atoms with Crippen LogP contribution in [0.5, 0.6) is 0 Å². The van der Waals surface area contributed by atoms with Crippen molar-refractivity contribution in [3.63, 3.8) is 0 Å². The molecule has 2 aromatic heterocycles. The highest BCUT2D eigenvalue weighted by Gasteiger charge is 2.20. The van der Waals surface area contributed by atoms with Crippen LogP contribution in [-0.4, -0.2) is 49.1 Å². The number of hydrogen-bond donors (Lipinski definition) is 4. The summed E-state index contributed by atoms with van der Waals surface area (Å²) in [6, 6.07) is 11.9. The number of hydrogen-bond acceptors (Lipinski definition) is 6. The Morgan fingerprint density at radius 2 is 1.79 bits per heavy atom. The van der Waals surface area contributed by atoms with Gasteiger partial charge >= 0.3 is 13.3 Å². The van der Waals surface area contributed by atoms with E-state index in [2.05, 4.69) is 31.0 Å². The van der Waals surface area contributed by atoms with Crippen molar-refractivity contribution in [2.24, 2.45) is 5.73 Å². The maximum Gasteiger partial charge on any atom is 0.673 e. The molecule has 0 fully saturated rings. The molecule has 0 bridgehead atoms. The van der Waals surface area contributed by atoms with E-state index >= 15 is 0 Å². The maximum absolute atomic E-state index is 10.6. The van der Waals surface area contributed by atoms with Crippen molar-refractivity contribution in [3.8, 4) is 0 Å². The van der Waals surface area contributed by atoms with Gasteiger partial charge in [-0.25, -0.2) is 4.79 Å². The highest BCUT2D eigenvalue weighted by molar-refractivity contribution is 6.50. The van der Waals surface area contributed by atoms with Crippen LogP contribution in [0.3, 0.4) is 0 Å². The van der Waals surface area contributed by atoms with Gasteiger partial charge in [-0.2, -0.15) is 0 Å². The second kappa shape index (κ2) is 8.65. The van der Waals surface area contributed by atoms with Crippen molar-refractivity contribution in [2.75, 3.05) is 5.32 Å². The normalized spacial score (nSPS) is 10.6. The summed E-state index contributed by atoms with van der Waals surface area (Å²) in [7, 11) is -6.00. The quantitative estimate of drug-likeness (QED) is 0.220. The van der Waals surface area contributed by atoms with E-state index in [0.29, 0.717) is 22.2 Å². The van der Waals surface area contributed by atoms with E-state index in [1.54, 1.807) is 24.3 Å². The Bertz CT molecular complexity index is 1060. The third-order valence-electron chi connectivity index (χ3n) is 2.95. The summed E-state index contributed by atoms with van der Waals surface area (Å²) in [4.78, 5) is 11.3. The molecule has 148 valence electrons. The fourth-order valence-corrected chi connectivity index (χ4v) is 1.96. The smallest absolute Gasteiger partial charge is 0.418 e. The Hall–Kier alpha value is -3.91. The first-order chi connectivity index (χ1) is 13.1. The first-order valence-electron chi connectivity index (χ1n) is 7.38. The molecule has 0 aliphatic heterocycles. The molecule has 0 radical (unpaired) electrons. The molecule has 10 nitrogen and oxygen atoms in total. The summed E-state index contributed by atoms with van der Waals surface area (Å²) in [5, 5.41) is 28.6. The van der Waals surface area contributed by atoms with Gasteiger partial charge in [0.1, 0.15) is 16.6 Å². The maximum atomic E-state index is 10.6. The number of nitrogens with two attached hydrogens (primary N) is 1. The Balaban J connectivity index is 0.000000166. The van der Waals surface area contributed by atoms with Gasteiger partial charge in [-0.15, -0.1) is 10.2 Å². The molecule has 0 saturated heterocycles. The molecule has 28 heavy (non-hydrogen) atoms. The van der Waals surface area contributed by atoms with Gasteiger partial charge in [0.15, 0.2) is 0 Å². The molecule has 0 atom stereocenters. The number of primary amides is 1. The van der Waals surface area contributed by atoms with Crippen molar-refractivity contribution in [1.82, 2.24) is 30.6 Å². The number of fused-ring (bicyclic) bond motifs is 2. The van der Waals surface area contributed by atoms with Gasteiger partial charge < -0.3 is 33.5 Å². The van der Waals surface area contributed by atoms with Crippen LogP contribution >= 0.6 is 0 Å². The SMILES string of the molecule is F[B-](F)(F)F.NC(=O)Nc1cccc2[nH]nnc12.On1nnc2ccccc21. The lowest BCUT2D eigenvalue weighted by atomic mass is 10.3. The molecule has 4 rings (SSSR count). The van der Waals surface area contributed by atoms with Crippen molar-refractivity contribution in [3.05, 3.63) is 42.5 Å². The van der Waals surface area contributed by atoms with Crippen LogP contribution in [0.15, 0.2) is 42.5 Å². The molecule has 2 amide bonds. The second-order valence-electron chi connectivity index (χ2n) is 4.97. The standard InChI is InChI=1S/C7H7N5O.C6H5N3O.BF4/c8-7(13)9-4-2-1-3-5-6(4)11-12-10-5;10-9-6-4-2-1-3-5(6)7-8-9;2-1(3,4)5/h1-3H,(H3,8,9,13)(H,10,11,12);1-4,10H;/q;;-1. The fourth-order valence-electron chi connectivity index (χ4n) is 1.96. The summed E-state index contributed by atoms with van der Waals surface area (Å²) in [6.45, 7) is 0. The number of H-pyrrole nitrogens is 1. The Morgan fingerprint density at radius 1 is 1.11 bits per heavy atom. The Labute approximate surface area is 153 Å². The summed E-state index contributed by atoms with van der Waals surface area (Å²) in [6.07, 6.45) is 0. The van der Waals surface area contributed by atoms with Gasteiger partial charge in [0, 0.05) is 0 Å². The van der Waals surface area contributed by atoms with E-state index in [0.717, 1.165) is 10.4 Å². The molecular weight excluding hydrogens is 387 g/mol. The number of benzene rings is 2. The molecule has 5 N–H and O–H groups in total. The number of nitrogens with zero attached hydrogens (tertiary/aromatic N) is 5. The van der Waals surface area contributed by atoms with Crippen molar-refractivity contribution in [1.29, 1.82) is 0 Å². The van der Waals surface area contributed by atoms with Crippen molar-refractivity contribution < 1.29 is 27.3 Å². The number of rotatable bonds is 1. The largest absolute Gasteiger partial charge is 0.673 e. The van der Waals surface area contributed by atoms with Crippen molar-refractivity contribution in [2.45, 2.75) is 0 Å². The van der Waals surface area contributed by atoms with Crippen LogP contribution in [0.4, 0.5) is 27.7 Å². The zero-order chi connectivity index (χ0) is 20.7. The molecule has 2 heterocycles.